The fraction of sp³-hybridized carbons (Fsp3) is 0.190. The summed E-state index contributed by atoms with van der Waals surface area (Å²) in [6.07, 6.45) is 4.12. The van der Waals surface area contributed by atoms with E-state index in [1.165, 1.54) is 30.7 Å². The monoisotopic (exact) mass is 421 g/mol. The van der Waals surface area contributed by atoms with Crippen LogP contribution in [0.2, 0.25) is 0 Å². The Bertz CT molecular complexity index is 1150. The molecule has 0 bridgehead atoms. The van der Waals surface area contributed by atoms with Crippen LogP contribution >= 0.6 is 0 Å². The lowest BCUT2D eigenvalue weighted by Gasteiger charge is -2.41. The molecule has 9 nitrogen and oxygen atoms in total. The molecule has 4 rings (SSSR count). The van der Waals surface area contributed by atoms with Gasteiger partial charge >= 0.3 is 6.01 Å². The van der Waals surface area contributed by atoms with Crippen molar-refractivity contribution >= 4 is 17.5 Å². The summed E-state index contributed by atoms with van der Waals surface area (Å²) in [5.41, 5.74) is 7.82. The van der Waals surface area contributed by atoms with Gasteiger partial charge in [-0.3, -0.25) is 4.79 Å². The number of nitrogens with two attached hydrogens (primary N) is 1. The van der Waals surface area contributed by atoms with Crippen molar-refractivity contribution in [2.75, 3.05) is 23.7 Å². The van der Waals surface area contributed by atoms with Crippen molar-refractivity contribution in [3.63, 3.8) is 0 Å². The topological polar surface area (TPSA) is 119 Å². The first kappa shape index (κ1) is 20.2. The van der Waals surface area contributed by atoms with Gasteiger partial charge in [-0.2, -0.15) is 0 Å². The van der Waals surface area contributed by atoms with Crippen LogP contribution in [0, 0.1) is 12.7 Å². The van der Waals surface area contributed by atoms with Crippen LogP contribution in [-0.4, -0.2) is 45.0 Å². The Morgan fingerprint density at radius 3 is 2.84 bits per heavy atom. The van der Waals surface area contributed by atoms with Gasteiger partial charge in [0.2, 0.25) is 5.91 Å². The van der Waals surface area contributed by atoms with Crippen LogP contribution in [0.15, 0.2) is 49.4 Å². The van der Waals surface area contributed by atoms with Crippen molar-refractivity contribution in [1.29, 1.82) is 0 Å². The summed E-state index contributed by atoms with van der Waals surface area (Å²) in [5, 5.41) is 2.82. The van der Waals surface area contributed by atoms with Crippen molar-refractivity contribution in [3.8, 4) is 22.9 Å². The van der Waals surface area contributed by atoms with E-state index in [1.54, 1.807) is 19.1 Å². The Balaban J connectivity index is 1.58. The van der Waals surface area contributed by atoms with Crippen molar-refractivity contribution in [3.05, 3.63) is 61.0 Å². The fourth-order valence-electron chi connectivity index (χ4n) is 3.22. The third kappa shape index (κ3) is 4.27. The van der Waals surface area contributed by atoms with Gasteiger partial charge in [-0.05, 0) is 36.8 Å². The van der Waals surface area contributed by atoms with Gasteiger partial charge in [-0.1, -0.05) is 12.6 Å². The summed E-state index contributed by atoms with van der Waals surface area (Å²) >= 11 is 0. The maximum absolute atomic E-state index is 14.8. The standard InChI is InChI=1S/C21H20FN7O2/c1-3-17(30)28-14-9-29(10-14)20-18(19(23)25-11-26-20)13-4-5-16(15(22)8-13)31-21-24-7-6-12(2)27-21/h3-8,11,14H,1,9-10H2,2H3,(H,28,30)(H2,23,25,26). The number of amides is 1. The van der Waals surface area contributed by atoms with E-state index in [1.807, 2.05) is 4.90 Å². The highest BCUT2D eigenvalue weighted by atomic mass is 19.1. The summed E-state index contributed by atoms with van der Waals surface area (Å²) in [7, 11) is 0. The highest BCUT2D eigenvalue weighted by molar-refractivity contribution is 5.88. The Morgan fingerprint density at radius 2 is 2.13 bits per heavy atom. The van der Waals surface area contributed by atoms with Crippen molar-refractivity contribution < 1.29 is 13.9 Å². The Morgan fingerprint density at radius 1 is 1.32 bits per heavy atom. The average Bonchev–Trinajstić information content (AvgIpc) is 2.71. The minimum Gasteiger partial charge on any atom is -0.421 e. The molecule has 0 radical (unpaired) electrons. The molecule has 0 saturated carbocycles. The number of hydrogen-bond acceptors (Lipinski definition) is 8. The predicted molar refractivity (Wildman–Crippen MR) is 113 cm³/mol. The smallest absolute Gasteiger partial charge is 0.322 e. The number of anilines is 2. The fourth-order valence-corrected chi connectivity index (χ4v) is 3.22. The van der Waals surface area contributed by atoms with Gasteiger partial charge in [0.15, 0.2) is 11.6 Å². The molecule has 0 atom stereocenters. The minimum atomic E-state index is -0.600. The molecular formula is C21H20FN7O2. The van der Waals surface area contributed by atoms with Crippen LogP contribution in [0.5, 0.6) is 11.8 Å². The van der Waals surface area contributed by atoms with Crippen molar-refractivity contribution in [1.82, 2.24) is 25.3 Å². The Hall–Kier alpha value is -4.08. The van der Waals surface area contributed by atoms with E-state index in [-0.39, 0.29) is 29.5 Å². The second kappa shape index (κ2) is 8.34. The van der Waals surface area contributed by atoms with Crippen molar-refractivity contribution in [2.24, 2.45) is 0 Å². The third-order valence-corrected chi connectivity index (χ3v) is 4.76. The Labute approximate surface area is 177 Å². The number of hydrogen-bond donors (Lipinski definition) is 2. The van der Waals surface area contributed by atoms with Crippen LogP contribution in [0.4, 0.5) is 16.0 Å². The highest BCUT2D eigenvalue weighted by Crippen LogP contribution is 2.37. The molecule has 3 N–H and O–H groups in total. The summed E-state index contributed by atoms with van der Waals surface area (Å²) in [6, 6.07) is 6.20. The predicted octanol–water partition coefficient (Wildman–Crippen LogP) is 2.25. The summed E-state index contributed by atoms with van der Waals surface area (Å²) in [5.74, 6) is -0.0633. The molecule has 1 aliphatic rings. The molecule has 0 spiro atoms. The van der Waals surface area contributed by atoms with Gasteiger partial charge in [0.05, 0.1) is 11.6 Å². The normalized spacial score (nSPS) is 13.4. The molecule has 0 unspecified atom stereocenters. The second-order valence-corrected chi connectivity index (χ2v) is 7.00. The Kier molecular flexibility index (Phi) is 5.44. The van der Waals surface area contributed by atoms with Gasteiger partial charge in [-0.15, -0.1) is 0 Å². The van der Waals surface area contributed by atoms with E-state index < -0.39 is 5.82 Å². The molecular weight excluding hydrogens is 401 g/mol. The number of carbonyl (C=O) groups excluding carboxylic acids is 1. The number of aromatic nitrogens is 4. The number of ether oxygens (including phenoxy) is 1. The lowest BCUT2D eigenvalue weighted by Crippen LogP contribution is -2.59. The van der Waals surface area contributed by atoms with E-state index in [0.717, 1.165) is 0 Å². The minimum absolute atomic E-state index is 0.0116. The number of nitrogens with one attached hydrogen (secondary N) is 1. The van der Waals surface area contributed by atoms with Gasteiger partial charge in [0.25, 0.3) is 0 Å². The largest absolute Gasteiger partial charge is 0.421 e. The number of nitrogens with zero attached hydrogens (tertiary/aromatic N) is 5. The van der Waals surface area contributed by atoms with Gasteiger partial charge in [-0.25, -0.2) is 24.3 Å². The summed E-state index contributed by atoms with van der Waals surface area (Å²) in [6.45, 7) is 6.31. The molecule has 1 aliphatic heterocycles. The number of benzene rings is 1. The van der Waals surface area contributed by atoms with E-state index in [2.05, 4.69) is 31.8 Å². The zero-order chi connectivity index (χ0) is 22.0. The van der Waals surface area contributed by atoms with Crippen LogP contribution in [0.25, 0.3) is 11.1 Å². The number of aryl methyl sites for hydroxylation is 1. The van der Waals surface area contributed by atoms with Crippen molar-refractivity contribution in [2.45, 2.75) is 13.0 Å². The first-order valence-electron chi connectivity index (χ1n) is 9.50. The molecule has 3 aromatic rings. The first-order valence-corrected chi connectivity index (χ1v) is 9.50. The van der Waals surface area contributed by atoms with E-state index in [9.17, 15) is 9.18 Å². The lowest BCUT2D eigenvalue weighted by molar-refractivity contribution is -0.117. The molecule has 31 heavy (non-hydrogen) atoms. The van der Waals surface area contributed by atoms with Crippen LogP contribution < -0.4 is 20.7 Å². The number of carbonyl (C=O) groups is 1. The van der Waals surface area contributed by atoms with E-state index in [4.69, 9.17) is 10.5 Å². The van der Waals surface area contributed by atoms with Crippen LogP contribution in [-0.2, 0) is 4.79 Å². The number of rotatable bonds is 6. The second-order valence-electron chi connectivity index (χ2n) is 7.00. The molecule has 1 aromatic carbocycles. The molecule has 3 heterocycles. The zero-order valence-electron chi connectivity index (χ0n) is 16.7. The van der Waals surface area contributed by atoms with E-state index in [0.29, 0.717) is 35.7 Å². The van der Waals surface area contributed by atoms with Gasteiger partial charge in [0, 0.05) is 25.0 Å². The summed E-state index contributed by atoms with van der Waals surface area (Å²) in [4.78, 5) is 29.9. The molecule has 158 valence electrons. The van der Waals surface area contributed by atoms with Crippen LogP contribution in [0.1, 0.15) is 5.69 Å². The maximum Gasteiger partial charge on any atom is 0.322 e. The average molecular weight is 421 g/mol. The maximum atomic E-state index is 14.8. The number of halogens is 1. The molecule has 1 fully saturated rings. The zero-order valence-corrected chi connectivity index (χ0v) is 16.7. The van der Waals surface area contributed by atoms with Gasteiger partial charge < -0.3 is 20.7 Å². The third-order valence-electron chi connectivity index (χ3n) is 4.76. The molecule has 2 aromatic heterocycles. The number of nitrogen functional groups attached to an aromatic ring is 1. The highest BCUT2D eigenvalue weighted by Gasteiger charge is 2.31. The summed E-state index contributed by atoms with van der Waals surface area (Å²) < 4.78 is 20.3. The van der Waals surface area contributed by atoms with Crippen LogP contribution in [0.3, 0.4) is 0 Å². The molecule has 0 aliphatic carbocycles. The quantitative estimate of drug-likeness (QED) is 0.582. The van der Waals surface area contributed by atoms with Gasteiger partial charge in [0.1, 0.15) is 18.0 Å². The molecule has 1 amide bonds. The molecule has 1 saturated heterocycles. The SMILES string of the molecule is C=CC(=O)NC1CN(c2ncnc(N)c2-c2ccc(Oc3nccc(C)n3)c(F)c2)C1. The van der Waals surface area contributed by atoms with E-state index >= 15 is 0 Å². The molecule has 10 heteroatoms. The first-order chi connectivity index (χ1) is 14.9. The lowest BCUT2D eigenvalue weighted by atomic mass is 10.0.